The number of amides is 1. The molecular formula is C33H33N3O3. The number of piperidine rings is 1. The van der Waals surface area contributed by atoms with Crippen molar-refractivity contribution in [1.82, 2.24) is 10.1 Å². The number of anilines is 1. The molecule has 4 aromatic rings. The first kappa shape index (κ1) is 24.2. The van der Waals surface area contributed by atoms with E-state index in [0.29, 0.717) is 12.1 Å². The summed E-state index contributed by atoms with van der Waals surface area (Å²) in [6.45, 7) is 7.62. The average Bonchev–Trinajstić information content (AvgIpc) is 3.66. The number of fused-ring (bicyclic) bond motifs is 3. The van der Waals surface area contributed by atoms with Crippen LogP contribution >= 0.6 is 0 Å². The first-order valence-corrected chi connectivity index (χ1v) is 13.9. The molecule has 6 heteroatoms. The molecule has 4 heterocycles. The van der Waals surface area contributed by atoms with Gasteiger partial charge in [-0.2, -0.15) is 0 Å². The van der Waals surface area contributed by atoms with Crippen molar-refractivity contribution in [3.63, 3.8) is 0 Å². The topological polar surface area (TPSA) is 58.8 Å². The molecule has 3 aliphatic heterocycles. The van der Waals surface area contributed by atoms with E-state index >= 15 is 0 Å². The molecule has 0 unspecified atom stereocenters. The molecule has 1 aromatic heterocycles. The van der Waals surface area contributed by atoms with Crippen molar-refractivity contribution in [3.05, 3.63) is 88.7 Å². The fraction of sp³-hybridized carbons (Fsp3) is 0.333. The van der Waals surface area contributed by atoms with Crippen molar-refractivity contribution >= 4 is 11.6 Å². The van der Waals surface area contributed by atoms with Gasteiger partial charge in [-0.3, -0.25) is 4.79 Å². The van der Waals surface area contributed by atoms with Crippen LogP contribution in [0.25, 0.3) is 22.4 Å². The maximum atomic E-state index is 13.7. The Labute approximate surface area is 229 Å². The molecule has 1 fully saturated rings. The Kier molecular flexibility index (Phi) is 5.63. The highest BCUT2D eigenvalue weighted by Crippen LogP contribution is 2.49. The molecule has 6 nitrogen and oxygen atoms in total. The summed E-state index contributed by atoms with van der Waals surface area (Å²) < 4.78 is 11.4. The minimum absolute atomic E-state index is 0.0602. The number of hydrogen-bond donors (Lipinski definition) is 0. The smallest absolute Gasteiger partial charge is 0.258 e. The number of benzene rings is 3. The lowest BCUT2D eigenvalue weighted by Gasteiger charge is -2.37. The summed E-state index contributed by atoms with van der Waals surface area (Å²) >= 11 is 0. The molecule has 0 aliphatic carbocycles. The third-order valence-electron chi connectivity index (χ3n) is 8.93. The van der Waals surface area contributed by atoms with Crippen LogP contribution in [0.1, 0.15) is 45.7 Å². The minimum Gasteiger partial charge on any atom is -0.492 e. The molecule has 0 radical (unpaired) electrons. The molecule has 0 N–H and O–H groups in total. The Balaban J connectivity index is 1.13. The first-order chi connectivity index (χ1) is 18.9. The number of aryl methyl sites for hydroxylation is 2. The monoisotopic (exact) mass is 519 g/mol. The van der Waals surface area contributed by atoms with Crippen molar-refractivity contribution in [2.75, 3.05) is 38.2 Å². The highest BCUT2D eigenvalue weighted by Gasteiger charge is 2.44. The van der Waals surface area contributed by atoms with E-state index in [9.17, 15) is 4.79 Å². The summed E-state index contributed by atoms with van der Waals surface area (Å²) in [5.41, 5.74) is 9.61. The van der Waals surface area contributed by atoms with Crippen LogP contribution in [0.15, 0.2) is 65.2 Å². The normalized spacial score (nSPS) is 17.8. The summed E-state index contributed by atoms with van der Waals surface area (Å²) in [6.07, 6.45) is 3.06. The van der Waals surface area contributed by atoms with Crippen molar-refractivity contribution in [1.29, 1.82) is 0 Å². The second kappa shape index (κ2) is 9.09. The molecule has 1 saturated heterocycles. The van der Waals surface area contributed by atoms with Crippen molar-refractivity contribution in [3.8, 4) is 28.1 Å². The Morgan fingerprint density at radius 3 is 2.41 bits per heavy atom. The predicted octanol–water partition coefficient (Wildman–Crippen LogP) is 6.18. The summed E-state index contributed by atoms with van der Waals surface area (Å²) in [5, 5.41) is 4.14. The van der Waals surface area contributed by atoms with Gasteiger partial charge in [0.15, 0.2) is 0 Å². The number of ether oxygens (including phenoxy) is 1. The van der Waals surface area contributed by atoms with E-state index in [1.165, 1.54) is 11.1 Å². The molecule has 198 valence electrons. The number of nitrogens with zero attached hydrogens (tertiary/aromatic N) is 3. The van der Waals surface area contributed by atoms with Gasteiger partial charge in [0.25, 0.3) is 5.91 Å². The Morgan fingerprint density at radius 2 is 1.69 bits per heavy atom. The number of carbonyl (C=O) groups excluding carboxylic acids is 1. The van der Waals surface area contributed by atoms with Gasteiger partial charge in [-0.1, -0.05) is 29.4 Å². The van der Waals surface area contributed by atoms with Gasteiger partial charge in [0.05, 0.1) is 6.61 Å². The highest BCUT2D eigenvalue weighted by atomic mass is 16.5. The molecule has 3 aliphatic rings. The van der Waals surface area contributed by atoms with Gasteiger partial charge in [0, 0.05) is 40.4 Å². The molecule has 39 heavy (non-hydrogen) atoms. The van der Waals surface area contributed by atoms with E-state index < -0.39 is 0 Å². The van der Waals surface area contributed by atoms with E-state index in [4.69, 9.17) is 9.26 Å². The van der Waals surface area contributed by atoms with Crippen LogP contribution in [0, 0.1) is 13.8 Å². The predicted molar refractivity (Wildman–Crippen MR) is 153 cm³/mol. The fourth-order valence-electron chi connectivity index (χ4n) is 6.51. The van der Waals surface area contributed by atoms with E-state index in [0.717, 1.165) is 84.1 Å². The third kappa shape index (κ3) is 4.05. The van der Waals surface area contributed by atoms with Crippen LogP contribution in [0.4, 0.5) is 5.69 Å². The van der Waals surface area contributed by atoms with Crippen LogP contribution in [0.3, 0.4) is 0 Å². The summed E-state index contributed by atoms with van der Waals surface area (Å²) in [4.78, 5) is 18.1. The molecule has 7 rings (SSSR count). The SMILES string of the molecule is Cc1cc(-c2ccc(-c3ccc(C(=O)N4CCc5cc6c(cc54)C4(CCN(C)CC4)CO6)cc3)c(C)c2)no1. The van der Waals surface area contributed by atoms with E-state index in [-0.39, 0.29) is 11.3 Å². The van der Waals surface area contributed by atoms with Crippen molar-refractivity contribution < 1.29 is 14.1 Å². The highest BCUT2D eigenvalue weighted by molar-refractivity contribution is 6.07. The summed E-state index contributed by atoms with van der Waals surface area (Å²) in [5.74, 6) is 1.88. The molecule has 3 aromatic carbocycles. The molecule has 0 atom stereocenters. The first-order valence-electron chi connectivity index (χ1n) is 13.9. The fourth-order valence-corrected chi connectivity index (χ4v) is 6.51. The molecule has 1 amide bonds. The maximum absolute atomic E-state index is 13.7. The number of likely N-dealkylation sites (tertiary alicyclic amines) is 1. The van der Waals surface area contributed by atoms with Crippen molar-refractivity contribution in [2.45, 2.75) is 38.5 Å². The van der Waals surface area contributed by atoms with Gasteiger partial charge in [0.1, 0.15) is 17.2 Å². The second-order valence-electron chi connectivity index (χ2n) is 11.5. The van der Waals surface area contributed by atoms with Gasteiger partial charge in [-0.25, -0.2) is 0 Å². The lowest BCUT2D eigenvalue weighted by molar-refractivity contribution is 0.0989. The molecule has 0 saturated carbocycles. The Morgan fingerprint density at radius 1 is 0.923 bits per heavy atom. The van der Waals surface area contributed by atoms with Gasteiger partial charge in [-0.05, 0) is 106 Å². The quantitative estimate of drug-likeness (QED) is 0.323. The zero-order chi connectivity index (χ0) is 26.7. The van der Waals surface area contributed by atoms with Crippen LogP contribution in [-0.2, 0) is 11.8 Å². The summed E-state index contributed by atoms with van der Waals surface area (Å²) in [6, 6.07) is 20.7. The number of aromatic nitrogens is 1. The lowest BCUT2D eigenvalue weighted by atomic mass is 9.74. The van der Waals surface area contributed by atoms with Crippen LogP contribution in [0.2, 0.25) is 0 Å². The van der Waals surface area contributed by atoms with E-state index in [1.54, 1.807) is 0 Å². The second-order valence-corrected chi connectivity index (χ2v) is 11.5. The Hall–Kier alpha value is -3.90. The number of rotatable bonds is 3. The largest absolute Gasteiger partial charge is 0.492 e. The zero-order valence-electron chi connectivity index (χ0n) is 22.8. The average molecular weight is 520 g/mol. The van der Waals surface area contributed by atoms with Gasteiger partial charge in [-0.15, -0.1) is 0 Å². The van der Waals surface area contributed by atoms with Crippen molar-refractivity contribution in [2.24, 2.45) is 0 Å². The van der Waals surface area contributed by atoms with Gasteiger partial charge >= 0.3 is 0 Å². The molecule has 0 bridgehead atoms. The van der Waals surface area contributed by atoms with Crippen LogP contribution in [0.5, 0.6) is 5.75 Å². The number of carbonyl (C=O) groups is 1. The minimum atomic E-state index is 0.0602. The molecule has 1 spiro atoms. The van der Waals surface area contributed by atoms with E-state index in [2.05, 4.69) is 66.5 Å². The Bertz CT molecular complexity index is 1580. The summed E-state index contributed by atoms with van der Waals surface area (Å²) in [7, 11) is 2.19. The zero-order valence-corrected chi connectivity index (χ0v) is 22.8. The van der Waals surface area contributed by atoms with Gasteiger partial charge < -0.3 is 19.1 Å². The van der Waals surface area contributed by atoms with Crippen LogP contribution in [-0.4, -0.2) is 49.3 Å². The third-order valence-corrected chi connectivity index (χ3v) is 8.93. The maximum Gasteiger partial charge on any atom is 0.258 e. The van der Waals surface area contributed by atoms with E-state index in [1.807, 2.05) is 30.0 Å². The standard InChI is InChI=1S/C33H33N3O3/c1-21-16-25(29-17-22(2)39-34-29)8-9-27(21)23-4-6-24(7-5-23)32(37)36-13-10-26-18-31-28(19-30(26)36)33(20-38-31)11-14-35(3)15-12-33/h4-9,16-19H,10-15,20H2,1-3H3. The molecular weight excluding hydrogens is 486 g/mol. The van der Waals surface area contributed by atoms with Gasteiger partial charge in [0.2, 0.25) is 0 Å². The number of hydrogen-bond acceptors (Lipinski definition) is 5. The van der Waals surface area contributed by atoms with Crippen LogP contribution < -0.4 is 9.64 Å². The lowest BCUT2D eigenvalue weighted by Crippen LogP contribution is -2.42.